The van der Waals surface area contributed by atoms with Crippen LogP contribution in [0.2, 0.25) is 0 Å². The number of carbonyl (C=O) groups excluding carboxylic acids is 1. The third-order valence-electron chi connectivity index (χ3n) is 4.78. The highest BCUT2D eigenvalue weighted by Gasteiger charge is 2.41. The zero-order chi connectivity index (χ0) is 19.2. The summed E-state index contributed by atoms with van der Waals surface area (Å²) in [4.78, 5) is 21.8. The SMILES string of the molecule is CC(=CC(=O)O)C(O)C(C)(O)CC(C)CCCCC1OC(=O)C1CO. The Morgan fingerprint density at radius 2 is 2.04 bits per heavy atom. The molecule has 0 saturated carbocycles. The van der Waals surface area contributed by atoms with Gasteiger partial charge in [-0.25, -0.2) is 4.79 Å². The third-order valence-corrected chi connectivity index (χ3v) is 4.78. The molecular weight excluding hydrogens is 328 g/mol. The number of aliphatic carboxylic acids is 1. The molecule has 4 N–H and O–H groups in total. The second-order valence-corrected chi connectivity index (χ2v) is 7.34. The van der Waals surface area contributed by atoms with Gasteiger partial charge < -0.3 is 25.2 Å². The summed E-state index contributed by atoms with van der Waals surface area (Å²) in [5, 5.41) is 38.4. The fraction of sp³-hybridized carbons (Fsp3) is 0.778. The molecule has 0 aromatic carbocycles. The first-order valence-corrected chi connectivity index (χ1v) is 8.71. The Bertz CT molecular complexity index is 498. The molecule has 5 unspecified atom stereocenters. The van der Waals surface area contributed by atoms with Gasteiger partial charge in [0.05, 0.1) is 12.2 Å². The van der Waals surface area contributed by atoms with Gasteiger partial charge in [0.25, 0.3) is 0 Å². The van der Waals surface area contributed by atoms with Crippen molar-refractivity contribution in [3.05, 3.63) is 11.6 Å². The maximum Gasteiger partial charge on any atom is 0.328 e. The predicted octanol–water partition coefficient (Wildman–Crippen LogP) is 1.25. The molecule has 1 aliphatic heterocycles. The summed E-state index contributed by atoms with van der Waals surface area (Å²) < 4.78 is 4.99. The number of esters is 1. The zero-order valence-corrected chi connectivity index (χ0v) is 15.1. The first-order valence-electron chi connectivity index (χ1n) is 8.71. The number of aliphatic hydroxyl groups excluding tert-OH is 2. The van der Waals surface area contributed by atoms with E-state index in [4.69, 9.17) is 14.9 Å². The maximum atomic E-state index is 11.1. The van der Waals surface area contributed by atoms with E-state index in [0.717, 1.165) is 25.3 Å². The monoisotopic (exact) mass is 358 g/mol. The van der Waals surface area contributed by atoms with E-state index < -0.39 is 23.6 Å². The Hall–Kier alpha value is -1.44. The third kappa shape index (κ3) is 6.41. The summed E-state index contributed by atoms with van der Waals surface area (Å²) >= 11 is 0. The second-order valence-electron chi connectivity index (χ2n) is 7.34. The van der Waals surface area contributed by atoms with Crippen molar-refractivity contribution in [1.29, 1.82) is 0 Å². The minimum atomic E-state index is -1.40. The fourth-order valence-corrected chi connectivity index (χ4v) is 3.37. The maximum absolute atomic E-state index is 11.1. The van der Waals surface area contributed by atoms with Crippen LogP contribution in [0.1, 0.15) is 52.9 Å². The van der Waals surface area contributed by atoms with Crippen LogP contribution in [-0.4, -0.2) is 56.8 Å². The summed E-state index contributed by atoms with van der Waals surface area (Å²) in [6.45, 7) is 4.78. The molecular formula is C18H30O7. The van der Waals surface area contributed by atoms with Crippen LogP contribution in [0.3, 0.4) is 0 Å². The number of ether oxygens (including phenoxy) is 1. The van der Waals surface area contributed by atoms with Crippen LogP contribution in [0.5, 0.6) is 0 Å². The summed E-state index contributed by atoms with van der Waals surface area (Å²) in [5.74, 6) is -1.74. The lowest BCUT2D eigenvalue weighted by Gasteiger charge is -2.34. The predicted molar refractivity (Wildman–Crippen MR) is 90.7 cm³/mol. The Balaban J connectivity index is 2.34. The number of carboxylic acids is 1. The summed E-state index contributed by atoms with van der Waals surface area (Å²) in [7, 11) is 0. The first-order chi connectivity index (χ1) is 11.6. The minimum absolute atomic E-state index is 0.139. The topological polar surface area (TPSA) is 124 Å². The molecule has 0 radical (unpaired) electrons. The van der Waals surface area contributed by atoms with E-state index in [1.807, 2.05) is 6.92 Å². The molecule has 1 aliphatic rings. The van der Waals surface area contributed by atoms with E-state index in [1.165, 1.54) is 13.8 Å². The van der Waals surface area contributed by atoms with Crippen LogP contribution < -0.4 is 0 Å². The average molecular weight is 358 g/mol. The Morgan fingerprint density at radius 1 is 1.40 bits per heavy atom. The van der Waals surface area contributed by atoms with Gasteiger partial charge in [0.2, 0.25) is 0 Å². The van der Waals surface area contributed by atoms with Crippen molar-refractivity contribution >= 4 is 11.9 Å². The van der Waals surface area contributed by atoms with E-state index in [9.17, 15) is 19.8 Å². The lowest BCUT2D eigenvalue weighted by atomic mass is 9.83. The Morgan fingerprint density at radius 3 is 2.56 bits per heavy atom. The van der Waals surface area contributed by atoms with Gasteiger partial charge in [0.1, 0.15) is 18.1 Å². The molecule has 0 amide bonds. The van der Waals surface area contributed by atoms with E-state index in [2.05, 4.69) is 0 Å². The molecule has 0 bridgehead atoms. The second kappa shape index (κ2) is 9.31. The molecule has 5 atom stereocenters. The van der Waals surface area contributed by atoms with Crippen LogP contribution in [0, 0.1) is 11.8 Å². The van der Waals surface area contributed by atoms with Gasteiger partial charge in [-0.1, -0.05) is 19.8 Å². The molecule has 0 aliphatic carbocycles. The van der Waals surface area contributed by atoms with Gasteiger partial charge >= 0.3 is 11.9 Å². The average Bonchev–Trinajstić information content (AvgIpc) is 2.48. The lowest BCUT2D eigenvalue weighted by molar-refractivity contribution is -0.189. The van der Waals surface area contributed by atoms with E-state index in [-0.39, 0.29) is 30.2 Å². The zero-order valence-electron chi connectivity index (χ0n) is 15.1. The Labute approximate surface area is 148 Å². The number of carboxylic acid groups (broad SMARTS) is 1. The van der Waals surface area contributed by atoms with E-state index in [0.29, 0.717) is 12.8 Å². The lowest BCUT2D eigenvalue weighted by Crippen LogP contribution is -2.47. The quantitative estimate of drug-likeness (QED) is 0.249. The van der Waals surface area contributed by atoms with Gasteiger partial charge in [-0.15, -0.1) is 0 Å². The molecule has 1 saturated heterocycles. The van der Waals surface area contributed by atoms with Crippen LogP contribution >= 0.6 is 0 Å². The largest absolute Gasteiger partial charge is 0.478 e. The van der Waals surface area contributed by atoms with Gasteiger partial charge in [-0.05, 0) is 44.6 Å². The van der Waals surface area contributed by atoms with Crippen molar-refractivity contribution in [2.24, 2.45) is 11.8 Å². The molecule has 25 heavy (non-hydrogen) atoms. The number of unbranched alkanes of at least 4 members (excludes halogenated alkanes) is 1. The van der Waals surface area contributed by atoms with Crippen LogP contribution in [0.4, 0.5) is 0 Å². The highest BCUT2D eigenvalue weighted by Crippen LogP contribution is 2.29. The van der Waals surface area contributed by atoms with Crippen LogP contribution in [0.25, 0.3) is 0 Å². The minimum Gasteiger partial charge on any atom is -0.478 e. The van der Waals surface area contributed by atoms with Crippen molar-refractivity contribution < 1.29 is 34.8 Å². The van der Waals surface area contributed by atoms with Gasteiger partial charge in [0, 0.05) is 6.08 Å². The highest BCUT2D eigenvalue weighted by atomic mass is 16.6. The summed E-state index contributed by atoms with van der Waals surface area (Å²) in [5.41, 5.74) is -1.19. The number of hydrogen-bond donors (Lipinski definition) is 4. The molecule has 1 fully saturated rings. The smallest absolute Gasteiger partial charge is 0.328 e. The molecule has 7 heteroatoms. The van der Waals surface area contributed by atoms with Gasteiger partial charge in [0.15, 0.2) is 0 Å². The Kier molecular flexibility index (Phi) is 8.05. The van der Waals surface area contributed by atoms with Crippen LogP contribution in [-0.2, 0) is 14.3 Å². The molecule has 0 aromatic rings. The van der Waals surface area contributed by atoms with Crippen molar-refractivity contribution in [3.63, 3.8) is 0 Å². The normalized spacial score (nSPS) is 25.5. The summed E-state index contributed by atoms with van der Waals surface area (Å²) in [6.07, 6.45) is 3.09. The molecule has 1 rings (SSSR count). The molecule has 0 spiro atoms. The molecule has 144 valence electrons. The number of rotatable bonds is 11. The van der Waals surface area contributed by atoms with E-state index in [1.54, 1.807) is 0 Å². The molecule has 1 heterocycles. The van der Waals surface area contributed by atoms with Crippen molar-refractivity contribution in [2.45, 2.75) is 70.7 Å². The fourth-order valence-electron chi connectivity index (χ4n) is 3.37. The summed E-state index contributed by atoms with van der Waals surface area (Å²) in [6, 6.07) is 0. The van der Waals surface area contributed by atoms with Gasteiger partial charge in [-0.3, -0.25) is 4.79 Å². The van der Waals surface area contributed by atoms with E-state index >= 15 is 0 Å². The van der Waals surface area contributed by atoms with Crippen molar-refractivity contribution in [3.8, 4) is 0 Å². The van der Waals surface area contributed by atoms with Crippen LogP contribution in [0.15, 0.2) is 11.6 Å². The highest BCUT2D eigenvalue weighted by molar-refractivity contribution is 5.80. The number of carbonyl (C=O) groups is 2. The molecule has 7 nitrogen and oxygen atoms in total. The standard InChI is InChI=1S/C18H30O7/c1-11(6-4-5-7-14-13(10-19)17(23)25-14)9-18(3,24)16(22)12(2)8-15(20)21/h8,11,13-14,16,19,22,24H,4-7,9-10H2,1-3H3,(H,20,21). The number of hydrogen-bond acceptors (Lipinski definition) is 6. The van der Waals surface area contributed by atoms with Gasteiger partial charge in [-0.2, -0.15) is 0 Å². The van der Waals surface area contributed by atoms with Crippen molar-refractivity contribution in [1.82, 2.24) is 0 Å². The first kappa shape index (κ1) is 21.6. The molecule has 0 aromatic heterocycles. The number of cyclic esters (lactones) is 1. The van der Waals surface area contributed by atoms with Crippen molar-refractivity contribution in [2.75, 3.05) is 6.61 Å². The number of aliphatic hydroxyl groups is 3.